The van der Waals surface area contributed by atoms with Gasteiger partial charge in [-0.1, -0.05) is 0 Å². The molecule has 0 radical (unpaired) electrons. The highest BCUT2D eigenvalue weighted by molar-refractivity contribution is 5.80. The number of carbonyl (C=O) groups is 1. The summed E-state index contributed by atoms with van der Waals surface area (Å²) in [5, 5.41) is 3.04. The third-order valence-corrected chi connectivity index (χ3v) is 4.57. The predicted molar refractivity (Wildman–Crippen MR) is 93.1 cm³/mol. The number of hydrogen-bond acceptors (Lipinski definition) is 6. The number of aryl methyl sites for hydroxylation is 1. The maximum absolute atomic E-state index is 12.7. The van der Waals surface area contributed by atoms with Gasteiger partial charge in [0.25, 0.3) is 0 Å². The summed E-state index contributed by atoms with van der Waals surface area (Å²) in [6.45, 7) is 5.11. The molecular formula is C17H24N6O2. The molecule has 1 aliphatic heterocycles. The Morgan fingerprint density at radius 1 is 1.28 bits per heavy atom. The van der Waals surface area contributed by atoms with Gasteiger partial charge in [-0.15, -0.1) is 0 Å². The number of imidazole rings is 1. The fourth-order valence-electron chi connectivity index (χ4n) is 3.24. The number of methoxy groups -OCH3 is 1. The molecule has 8 nitrogen and oxygen atoms in total. The topological polar surface area (TPSA) is 85.2 Å². The Bertz CT molecular complexity index is 689. The number of nitrogens with zero attached hydrogens (tertiary/aromatic N) is 5. The molecule has 1 fully saturated rings. The van der Waals surface area contributed by atoms with Gasteiger partial charge in [-0.3, -0.25) is 4.79 Å². The van der Waals surface area contributed by atoms with Gasteiger partial charge in [0, 0.05) is 64.0 Å². The smallest absolute Gasteiger partial charge is 0.225 e. The van der Waals surface area contributed by atoms with Crippen LogP contribution in [0.4, 0.5) is 5.95 Å². The van der Waals surface area contributed by atoms with Crippen LogP contribution in [0.2, 0.25) is 0 Å². The van der Waals surface area contributed by atoms with E-state index in [1.165, 1.54) is 0 Å². The van der Waals surface area contributed by atoms with E-state index in [1.54, 1.807) is 31.8 Å². The second-order valence-electron chi connectivity index (χ2n) is 6.23. The molecule has 25 heavy (non-hydrogen) atoms. The molecule has 134 valence electrons. The highest BCUT2D eigenvalue weighted by atomic mass is 16.5. The molecule has 3 heterocycles. The number of carbonyl (C=O) groups excluding carboxylic acids is 1. The molecule has 0 bridgehead atoms. The van der Waals surface area contributed by atoms with Crippen LogP contribution in [0, 0.1) is 18.8 Å². The van der Waals surface area contributed by atoms with E-state index in [2.05, 4.69) is 20.3 Å². The maximum Gasteiger partial charge on any atom is 0.225 e. The fraction of sp³-hybridized carbons (Fsp3) is 0.529. The first-order chi connectivity index (χ1) is 12.2. The first-order valence-corrected chi connectivity index (χ1v) is 8.45. The zero-order chi connectivity index (χ0) is 17.6. The SMILES string of the molecule is COC[C@@H]1CN(c2ncccn2)C[C@H]1C(=O)NCCn1ccnc1C. The molecular weight excluding hydrogens is 320 g/mol. The van der Waals surface area contributed by atoms with Crippen molar-refractivity contribution in [3.05, 3.63) is 36.7 Å². The largest absolute Gasteiger partial charge is 0.384 e. The van der Waals surface area contributed by atoms with Crippen LogP contribution in [0.3, 0.4) is 0 Å². The normalized spacial score (nSPS) is 20.0. The zero-order valence-corrected chi connectivity index (χ0v) is 14.6. The van der Waals surface area contributed by atoms with Crippen LogP contribution in [-0.2, 0) is 16.1 Å². The van der Waals surface area contributed by atoms with Gasteiger partial charge in [0.15, 0.2) is 0 Å². The van der Waals surface area contributed by atoms with Gasteiger partial charge in [-0.05, 0) is 13.0 Å². The lowest BCUT2D eigenvalue weighted by atomic mass is 9.96. The second kappa shape index (κ2) is 8.06. The average Bonchev–Trinajstić information content (AvgIpc) is 3.23. The van der Waals surface area contributed by atoms with Crippen molar-refractivity contribution in [3.8, 4) is 0 Å². The minimum Gasteiger partial charge on any atom is -0.384 e. The van der Waals surface area contributed by atoms with E-state index in [-0.39, 0.29) is 17.7 Å². The fourth-order valence-corrected chi connectivity index (χ4v) is 3.24. The van der Waals surface area contributed by atoms with Gasteiger partial charge >= 0.3 is 0 Å². The maximum atomic E-state index is 12.7. The van der Waals surface area contributed by atoms with Crippen LogP contribution in [0.15, 0.2) is 30.9 Å². The molecule has 0 aliphatic carbocycles. The van der Waals surface area contributed by atoms with Crippen LogP contribution in [0.25, 0.3) is 0 Å². The predicted octanol–water partition coefficient (Wildman–Crippen LogP) is 0.497. The highest BCUT2D eigenvalue weighted by Crippen LogP contribution is 2.26. The van der Waals surface area contributed by atoms with Crippen LogP contribution >= 0.6 is 0 Å². The van der Waals surface area contributed by atoms with E-state index in [0.29, 0.717) is 32.2 Å². The second-order valence-corrected chi connectivity index (χ2v) is 6.23. The molecule has 0 unspecified atom stereocenters. The average molecular weight is 344 g/mol. The lowest BCUT2D eigenvalue weighted by Gasteiger charge is -2.17. The molecule has 1 saturated heterocycles. The summed E-state index contributed by atoms with van der Waals surface area (Å²) >= 11 is 0. The number of aromatic nitrogens is 4. The summed E-state index contributed by atoms with van der Waals surface area (Å²) in [6, 6.07) is 1.79. The van der Waals surface area contributed by atoms with E-state index in [9.17, 15) is 4.79 Å². The molecule has 0 saturated carbocycles. The zero-order valence-electron chi connectivity index (χ0n) is 14.6. The van der Waals surface area contributed by atoms with Gasteiger partial charge in [-0.25, -0.2) is 15.0 Å². The first kappa shape index (κ1) is 17.3. The summed E-state index contributed by atoms with van der Waals surface area (Å²) < 4.78 is 7.33. The molecule has 2 atom stereocenters. The Labute approximate surface area is 147 Å². The third-order valence-electron chi connectivity index (χ3n) is 4.57. The van der Waals surface area contributed by atoms with Crippen LogP contribution in [-0.4, -0.2) is 58.8 Å². The van der Waals surface area contributed by atoms with Crippen LogP contribution in [0.5, 0.6) is 0 Å². The highest BCUT2D eigenvalue weighted by Gasteiger charge is 2.38. The minimum absolute atomic E-state index is 0.0539. The quantitative estimate of drug-likeness (QED) is 0.787. The summed E-state index contributed by atoms with van der Waals surface area (Å²) in [5.74, 6) is 1.65. The Kier molecular flexibility index (Phi) is 5.60. The number of hydrogen-bond donors (Lipinski definition) is 1. The van der Waals surface area contributed by atoms with Crippen molar-refractivity contribution in [1.29, 1.82) is 0 Å². The number of rotatable bonds is 7. The number of nitrogens with one attached hydrogen (secondary N) is 1. The molecule has 2 aromatic rings. The Balaban J connectivity index is 1.58. The molecule has 1 amide bonds. The van der Waals surface area contributed by atoms with Crippen molar-refractivity contribution in [1.82, 2.24) is 24.8 Å². The summed E-state index contributed by atoms with van der Waals surface area (Å²) in [6.07, 6.45) is 7.11. The van der Waals surface area contributed by atoms with Crippen molar-refractivity contribution in [3.63, 3.8) is 0 Å². The molecule has 3 rings (SSSR count). The molecule has 8 heteroatoms. The summed E-state index contributed by atoms with van der Waals surface area (Å²) in [4.78, 5) is 27.5. The van der Waals surface area contributed by atoms with Crippen molar-refractivity contribution >= 4 is 11.9 Å². The Hall–Kier alpha value is -2.48. The standard InChI is InChI=1S/C17H24N6O2/c1-13-18-6-8-22(13)9-7-19-16(24)15-11-23(10-14(15)12-25-2)17-20-4-3-5-21-17/h3-6,8,14-15H,7,9-12H2,1-2H3,(H,19,24)/t14-,15+/m0/s1. The van der Waals surface area contributed by atoms with E-state index in [4.69, 9.17) is 4.74 Å². The monoisotopic (exact) mass is 344 g/mol. The Morgan fingerprint density at radius 3 is 2.76 bits per heavy atom. The van der Waals surface area contributed by atoms with Gasteiger partial charge in [0.2, 0.25) is 11.9 Å². The van der Waals surface area contributed by atoms with Crippen molar-refractivity contribution in [2.75, 3.05) is 38.3 Å². The first-order valence-electron chi connectivity index (χ1n) is 8.45. The third kappa shape index (κ3) is 4.14. The van der Waals surface area contributed by atoms with Gasteiger partial charge in [-0.2, -0.15) is 0 Å². The lowest BCUT2D eigenvalue weighted by Crippen LogP contribution is -2.38. The Morgan fingerprint density at radius 2 is 2.08 bits per heavy atom. The molecule has 1 N–H and O–H groups in total. The van der Waals surface area contributed by atoms with E-state index in [0.717, 1.165) is 12.4 Å². The minimum atomic E-state index is -0.132. The van der Waals surface area contributed by atoms with E-state index >= 15 is 0 Å². The van der Waals surface area contributed by atoms with E-state index < -0.39 is 0 Å². The van der Waals surface area contributed by atoms with Crippen LogP contribution < -0.4 is 10.2 Å². The lowest BCUT2D eigenvalue weighted by molar-refractivity contribution is -0.126. The van der Waals surface area contributed by atoms with Gasteiger partial charge < -0.3 is 19.5 Å². The molecule has 1 aliphatic rings. The number of anilines is 1. The molecule has 0 aromatic carbocycles. The molecule has 2 aromatic heterocycles. The summed E-state index contributed by atoms with van der Waals surface area (Å²) in [5.41, 5.74) is 0. The van der Waals surface area contributed by atoms with Crippen LogP contribution in [0.1, 0.15) is 5.82 Å². The van der Waals surface area contributed by atoms with E-state index in [1.807, 2.05) is 22.6 Å². The summed E-state index contributed by atoms with van der Waals surface area (Å²) in [7, 11) is 1.67. The van der Waals surface area contributed by atoms with Gasteiger partial charge in [0.05, 0.1) is 12.5 Å². The molecule has 0 spiro atoms. The van der Waals surface area contributed by atoms with Crippen molar-refractivity contribution < 1.29 is 9.53 Å². The number of amides is 1. The van der Waals surface area contributed by atoms with Crippen molar-refractivity contribution in [2.45, 2.75) is 13.5 Å². The number of ether oxygens (including phenoxy) is 1. The van der Waals surface area contributed by atoms with Crippen molar-refractivity contribution in [2.24, 2.45) is 11.8 Å². The van der Waals surface area contributed by atoms with Gasteiger partial charge in [0.1, 0.15) is 5.82 Å².